The average Bonchev–Trinajstić information content (AvgIpc) is 2.83. The Balaban J connectivity index is 1.76. The molecule has 0 radical (unpaired) electrons. The van der Waals surface area contributed by atoms with Crippen molar-refractivity contribution in [2.24, 2.45) is 0 Å². The third-order valence-corrected chi connectivity index (χ3v) is 5.56. The molecule has 2 rings (SSSR count). The molecule has 0 aromatic heterocycles. The third kappa shape index (κ3) is 4.78. The van der Waals surface area contributed by atoms with Crippen molar-refractivity contribution in [2.75, 3.05) is 11.9 Å². The molecule has 124 valence electrons. The van der Waals surface area contributed by atoms with Gasteiger partial charge in [0.15, 0.2) is 0 Å². The number of carbonyl (C=O) groups excluding carboxylic acids is 2. The van der Waals surface area contributed by atoms with Crippen LogP contribution in [-0.2, 0) is 16.0 Å². The predicted molar refractivity (Wildman–Crippen MR) is 99.7 cm³/mol. The number of hydrogen-bond donors (Lipinski definition) is 1. The number of nitrogens with one attached hydrogen (secondary N) is 1. The van der Waals surface area contributed by atoms with Crippen LogP contribution in [0, 0.1) is 0 Å². The van der Waals surface area contributed by atoms with E-state index in [1.54, 1.807) is 4.90 Å². The van der Waals surface area contributed by atoms with Gasteiger partial charge < -0.3 is 5.32 Å². The zero-order valence-electron chi connectivity index (χ0n) is 13.5. The highest BCUT2D eigenvalue weighted by molar-refractivity contribution is 8.24. The van der Waals surface area contributed by atoms with Crippen LogP contribution >= 0.6 is 24.0 Å². The Labute approximate surface area is 147 Å². The monoisotopic (exact) mass is 350 g/mol. The van der Waals surface area contributed by atoms with E-state index in [9.17, 15) is 9.59 Å². The lowest BCUT2D eigenvalue weighted by Gasteiger charge is -2.15. The topological polar surface area (TPSA) is 49.4 Å². The molecule has 6 heteroatoms. The van der Waals surface area contributed by atoms with Gasteiger partial charge in [0.25, 0.3) is 0 Å². The lowest BCUT2D eigenvalue weighted by molar-refractivity contribution is -0.126. The molecule has 0 aliphatic carbocycles. The maximum Gasteiger partial charge on any atom is 0.241 e. The van der Waals surface area contributed by atoms with Crippen molar-refractivity contribution in [3.8, 4) is 0 Å². The van der Waals surface area contributed by atoms with Crippen LogP contribution in [0.3, 0.4) is 0 Å². The maximum atomic E-state index is 12.1. The summed E-state index contributed by atoms with van der Waals surface area (Å²) in [6, 6.07) is 7.86. The van der Waals surface area contributed by atoms with Gasteiger partial charge in [0.1, 0.15) is 4.32 Å². The summed E-state index contributed by atoms with van der Waals surface area (Å²) in [5.41, 5.74) is 2.05. The summed E-state index contributed by atoms with van der Waals surface area (Å²) in [7, 11) is 0. The number of hydrogen-bond acceptors (Lipinski definition) is 4. The Morgan fingerprint density at radius 1 is 1.30 bits per heavy atom. The minimum absolute atomic E-state index is 0.0356. The molecule has 1 aliphatic rings. The molecule has 4 nitrogen and oxygen atoms in total. The summed E-state index contributed by atoms with van der Waals surface area (Å²) in [5, 5.41) is 2.83. The van der Waals surface area contributed by atoms with Gasteiger partial charge in [0, 0.05) is 18.7 Å². The highest BCUT2D eigenvalue weighted by Gasteiger charge is 2.35. The van der Waals surface area contributed by atoms with Gasteiger partial charge >= 0.3 is 0 Å². The molecular formula is C17H22N2O2S2. The Morgan fingerprint density at radius 3 is 2.57 bits per heavy atom. The van der Waals surface area contributed by atoms with Crippen LogP contribution in [0.15, 0.2) is 24.3 Å². The first kappa shape index (κ1) is 17.9. The molecule has 1 atom stereocenters. The van der Waals surface area contributed by atoms with Gasteiger partial charge in [-0.25, -0.2) is 0 Å². The predicted octanol–water partition coefficient (Wildman–Crippen LogP) is 3.61. The lowest BCUT2D eigenvalue weighted by atomic mass is 10.1. The summed E-state index contributed by atoms with van der Waals surface area (Å²) in [5.74, 6) is 0.0459. The van der Waals surface area contributed by atoms with Crippen LogP contribution in [-0.4, -0.2) is 32.8 Å². The fourth-order valence-electron chi connectivity index (χ4n) is 2.40. The fraction of sp³-hybridized carbons (Fsp3) is 0.471. The first-order valence-corrected chi connectivity index (χ1v) is 9.24. The third-order valence-electron chi connectivity index (χ3n) is 3.81. The van der Waals surface area contributed by atoms with E-state index in [1.807, 2.05) is 31.2 Å². The van der Waals surface area contributed by atoms with Crippen LogP contribution in [0.25, 0.3) is 0 Å². The molecule has 1 aliphatic heterocycles. The molecule has 1 aromatic rings. The van der Waals surface area contributed by atoms with Gasteiger partial charge in [-0.1, -0.05) is 50.0 Å². The normalized spacial score (nSPS) is 17.7. The Bertz CT molecular complexity index is 587. The van der Waals surface area contributed by atoms with Crippen LogP contribution in [0.2, 0.25) is 0 Å². The second kappa shape index (κ2) is 8.45. The van der Waals surface area contributed by atoms with E-state index in [0.29, 0.717) is 23.7 Å². The first-order valence-electron chi connectivity index (χ1n) is 7.96. The van der Waals surface area contributed by atoms with E-state index in [1.165, 1.54) is 17.3 Å². The first-order chi connectivity index (χ1) is 11.0. The molecule has 1 heterocycles. The second-order valence-corrected chi connectivity index (χ2v) is 7.31. The van der Waals surface area contributed by atoms with Crippen molar-refractivity contribution >= 4 is 45.8 Å². The minimum atomic E-state index is -0.0478. The molecule has 1 aromatic carbocycles. The van der Waals surface area contributed by atoms with Crippen LogP contribution in [0.1, 0.15) is 38.7 Å². The zero-order chi connectivity index (χ0) is 16.8. The summed E-state index contributed by atoms with van der Waals surface area (Å²) < 4.78 is 0.636. The number of thioether (sulfide) groups is 1. The smallest absolute Gasteiger partial charge is 0.241 e. The Morgan fingerprint density at radius 2 is 2.00 bits per heavy atom. The molecule has 0 saturated carbocycles. The van der Waals surface area contributed by atoms with Crippen molar-refractivity contribution in [3.63, 3.8) is 0 Å². The number of nitrogens with zero attached hydrogens (tertiary/aromatic N) is 1. The molecule has 1 N–H and O–H groups in total. The van der Waals surface area contributed by atoms with E-state index in [4.69, 9.17) is 12.2 Å². The molecule has 2 amide bonds. The highest BCUT2D eigenvalue weighted by atomic mass is 32.2. The van der Waals surface area contributed by atoms with Gasteiger partial charge in [-0.15, -0.1) is 0 Å². The number of anilines is 1. The minimum Gasteiger partial charge on any atom is -0.326 e. The van der Waals surface area contributed by atoms with Gasteiger partial charge in [-0.3, -0.25) is 14.5 Å². The summed E-state index contributed by atoms with van der Waals surface area (Å²) >= 11 is 6.69. The van der Waals surface area contributed by atoms with Crippen LogP contribution < -0.4 is 5.32 Å². The number of thiocarbonyl (C=S) groups is 1. The number of rotatable bonds is 7. The second-order valence-electron chi connectivity index (χ2n) is 5.47. The zero-order valence-corrected chi connectivity index (χ0v) is 15.1. The van der Waals surface area contributed by atoms with Crippen LogP contribution in [0.4, 0.5) is 5.69 Å². The van der Waals surface area contributed by atoms with Crippen molar-refractivity contribution in [1.29, 1.82) is 0 Å². The number of amides is 2. The quantitative estimate of drug-likeness (QED) is 0.763. The molecule has 0 bridgehead atoms. The lowest BCUT2D eigenvalue weighted by Crippen LogP contribution is -2.32. The molecular weight excluding hydrogens is 328 g/mol. The van der Waals surface area contributed by atoms with Crippen molar-refractivity contribution < 1.29 is 9.59 Å². The largest absolute Gasteiger partial charge is 0.326 e. The fourth-order valence-corrected chi connectivity index (χ4v) is 3.88. The van der Waals surface area contributed by atoms with E-state index in [-0.39, 0.29) is 17.1 Å². The van der Waals surface area contributed by atoms with Crippen molar-refractivity contribution in [3.05, 3.63) is 29.8 Å². The van der Waals surface area contributed by atoms with Gasteiger partial charge in [-0.05, 0) is 37.0 Å². The van der Waals surface area contributed by atoms with E-state index < -0.39 is 0 Å². The summed E-state index contributed by atoms with van der Waals surface area (Å²) in [6.45, 7) is 4.60. The van der Waals surface area contributed by atoms with Crippen LogP contribution in [0.5, 0.6) is 0 Å². The van der Waals surface area contributed by atoms with Gasteiger partial charge in [0.2, 0.25) is 11.8 Å². The van der Waals surface area contributed by atoms with E-state index >= 15 is 0 Å². The van der Waals surface area contributed by atoms with Crippen molar-refractivity contribution in [2.45, 2.75) is 44.8 Å². The SMILES string of the molecule is CCc1ccc(NC(=O)CCCN2C(=O)C(CC)SC2=S)cc1. The van der Waals surface area contributed by atoms with Crippen molar-refractivity contribution in [1.82, 2.24) is 4.90 Å². The Kier molecular flexibility index (Phi) is 6.59. The number of benzene rings is 1. The highest BCUT2D eigenvalue weighted by Crippen LogP contribution is 2.29. The molecule has 1 saturated heterocycles. The standard InChI is InChI=1S/C17H22N2O2S2/c1-3-12-7-9-13(10-8-12)18-15(20)6-5-11-19-16(21)14(4-2)23-17(19)22/h7-10,14H,3-6,11H2,1-2H3,(H,18,20). The molecule has 0 spiro atoms. The average molecular weight is 351 g/mol. The summed E-state index contributed by atoms with van der Waals surface area (Å²) in [6.07, 6.45) is 2.76. The molecule has 23 heavy (non-hydrogen) atoms. The summed E-state index contributed by atoms with van der Waals surface area (Å²) in [4.78, 5) is 25.7. The maximum absolute atomic E-state index is 12.1. The van der Waals surface area contributed by atoms with E-state index in [2.05, 4.69) is 12.2 Å². The molecule has 1 fully saturated rings. The van der Waals surface area contributed by atoms with Gasteiger partial charge in [0.05, 0.1) is 5.25 Å². The molecule has 1 unspecified atom stereocenters. The van der Waals surface area contributed by atoms with E-state index in [0.717, 1.165) is 18.5 Å². The number of carbonyl (C=O) groups is 2. The number of aryl methyl sites for hydroxylation is 1. The van der Waals surface area contributed by atoms with Gasteiger partial charge in [-0.2, -0.15) is 0 Å². The Hall–Kier alpha value is -1.40.